The van der Waals surface area contributed by atoms with Gasteiger partial charge in [-0.1, -0.05) is 0 Å². The Morgan fingerprint density at radius 3 is 2.78 bits per heavy atom. The first-order chi connectivity index (χ1) is 8.68. The van der Waals surface area contributed by atoms with Crippen molar-refractivity contribution in [3.05, 3.63) is 42.0 Å². The maximum atomic E-state index is 12.0. The van der Waals surface area contributed by atoms with Gasteiger partial charge in [0.25, 0.3) is 5.91 Å². The molecule has 0 atom stereocenters. The summed E-state index contributed by atoms with van der Waals surface area (Å²) < 4.78 is 0. The predicted octanol–water partition coefficient (Wildman–Crippen LogP) is 0.702. The number of anilines is 1. The summed E-state index contributed by atoms with van der Waals surface area (Å²) in [6, 6.07) is 3.87. The van der Waals surface area contributed by atoms with Crippen LogP contribution < -0.4 is 5.73 Å². The Kier molecular flexibility index (Phi) is 3.57. The Hall–Kier alpha value is -2.37. The van der Waals surface area contributed by atoms with Crippen LogP contribution in [0.3, 0.4) is 0 Å². The van der Waals surface area contributed by atoms with E-state index in [-0.39, 0.29) is 5.91 Å². The minimum atomic E-state index is -0.154. The SMILES string of the molecule is CN(CCc1ccncc1)C(=O)c1[nH]ncc1N. The van der Waals surface area contributed by atoms with E-state index in [0.717, 1.165) is 12.0 Å². The van der Waals surface area contributed by atoms with Crippen molar-refractivity contribution in [2.45, 2.75) is 6.42 Å². The lowest BCUT2D eigenvalue weighted by Crippen LogP contribution is -2.29. The average molecular weight is 245 g/mol. The van der Waals surface area contributed by atoms with E-state index in [1.165, 1.54) is 6.20 Å². The fourth-order valence-corrected chi connectivity index (χ4v) is 1.61. The van der Waals surface area contributed by atoms with Crippen molar-refractivity contribution < 1.29 is 4.79 Å². The molecule has 0 spiro atoms. The molecule has 0 fully saturated rings. The van der Waals surface area contributed by atoms with Gasteiger partial charge in [-0.25, -0.2) is 0 Å². The number of nitrogens with zero attached hydrogens (tertiary/aromatic N) is 3. The summed E-state index contributed by atoms with van der Waals surface area (Å²) in [6.45, 7) is 0.612. The van der Waals surface area contributed by atoms with Crippen LogP contribution in [0.15, 0.2) is 30.7 Å². The minimum absolute atomic E-state index is 0.154. The van der Waals surface area contributed by atoms with Gasteiger partial charge in [0.2, 0.25) is 0 Å². The first-order valence-corrected chi connectivity index (χ1v) is 5.61. The van der Waals surface area contributed by atoms with E-state index in [0.29, 0.717) is 17.9 Å². The van der Waals surface area contributed by atoms with E-state index < -0.39 is 0 Å². The average Bonchev–Trinajstić information content (AvgIpc) is 2.82. The van der Waals surface area contributed by atoms with Gasteiger partial charge in [-0.15, -0.1) is 0 Å². The predicted molar refractivity (Wildman–Crippen MR) is 67.9 cm³/mol. The lowest BCUT2D eigenvalue weighted by atomic mass is 10.2. The Balaban J connectivity index is 1.95. The highest BCUT2D eigenvalue weighted by Crippen LogP contribution is 2.09. The Morgan fingerprint density at radius 1 is 1.44 bits per heavy atom. The van der Waals surface area contributed by atoms with E-state index in [9.17, 15) is 4.79 Å². The van der Waals surface area contributed by atoms with E-state index in [1.807, 2.05) is 12.1 Å². The number of hydrogen-bond donors (Lipinski definition) is 2. The molecule has 3 N–H and O–H groups in total. The third-order valence-corrected chi connectivity index (χ3v) is 2.71. The molecule has 0 unspecified atom stereocenters. The summed E-state index contributed by atoms with van der Waals surface area (Å²) in [5, 5.41) is 6.35. The zero-order valence-corrected chi connectivity index (χ0v) is 10.1. The van der Waals surface area contributed by atoms with Crippen molar-refractivity contribution in [1.82, 2.24) is 20.1 Å². The lowest BCUT2D eigenvalue weighted by Gasteiger charge is -2.16. The standard InChI is InChI=1S/C12H15N5O/c1-17(7-4-9-2-5-14-6-3-9)12(18)11-10(13)8-15-16-11/h2-3,5-6,8H,4,7,13H2,1H3,(H,15,16). The molecule has 94 valence electrons. The maximum Gasteiger partial charge on any atom is 0.273 e. The molecular weight excluding hydrogens is 230 g/mol. The normalized spacial score (nSPS) is 10.3. The highest BCUT2D eigenvalue weighted by atomic mass is 16.2. The maximum absolute atomic E-state index is 12.0. The molecule has 0 saturated carbocycles. The number of H-pyrrole nitrogens is 1. The number of aromatic nitrogens is 3. The second-order valence-corrected chi connectivity index (χ2v) is 4.03. The van der Waals surface area contributed by atoms with Crippen molar-refractivity contribution >= 4 is 11.6 Å². The lowest BCUT2D eigenvalue weighted by molar-refractivity contribution is 0.0792. The van der Waals surface area contributed by atoms with Gasteiger partial charge in [-0.05, 0) is 24.1 Å². The van der Waals surface area contributed by atoms with Crippen LogP contribution in [0.1, 0.15) is 16.1 Å². The number of aromatic amines is 1. The van der Waals surface area contributed by atoms with Crippen molar-refractivity contribution in [1.29, 1.82) is 0 Å². The van der Waals surface area contributed by atoms with Crippen LogP contribution in [0.4, 0.5) is 5.69 Å². The summed E-state index contributed by atoms with van der Waals surface area (Å²) in [4.78, 5) is 17.6. The van der Waals surface area contributed by atoms with Gasteiger partial charge < -0.3 is 10.6 Å². The molecule has 0 bridgehead atoms. The van der Waals surface area contributed by atoms with Gasteiger partial charge in [0.1, 0.15) is 5.69 Å². The quantitative estimate of drug-likeness (QED) is 0.830. The van der Waals surface area contributed by atoms with E-state index in [4.69, 9.17) is 5.73 Å². The highest BCUT2D eigenvalue weighted by Gasteiger charge is 2.16. The van der Waals surface area contributed by atoms with Crippen molar-refractivity contribution in [3.8, 4) is 0 Å². The largest absolute Gasteiger partial charge is 0.396 e. The molecule has 6 heteroatoms. The van der Waals surface area contributed by atoms with Crippen molar-refractivity contribution in [2.24, 2.45) is 0 Å². The molecule has 1 amide bonds. The van der Waals surface area contributed by atoms with Gasteiger partial charge in [-0.2, -0.15) is 5.10 Å². The highest BCUT2D eigenvalue weighted by molar-refractivity contribution is 5.96. The second kappa shape index (κ2) is 5.31. The summed E-state index contributed by atoms with van der Waals surface area (Å²) >= 11 is 0. The summed E-state index contributed by atoms with van der Waals surface area (Å²) in [7, 11) is 1.74. The molecule has 2 rings (SSSR count). The monoisotopic (exact) mass is 245 g/mol. The van der Waals surface area contributed by atoms with Crippen LogP contribution >= 0.6 is 0 Å². The summed E-state index contributed by atoms with van der Waals surface area (Å²) in [6.07, 6.45) is 5.69. The summed E-state index contributed by atoms with van der Waals surface area (Å²) in [5.74, 6) is -0.154. The molecular formula is C12H15N5O. The number of amides is 1. The van der Waals surface area contributed by atoms with Crippen LogP contribution in [0.25, 0.3) is 0 Å². The first-order valence-electron chi connectivity index (χ1n) is 5.61. The van der Waals surface area contributed by atoms with E-state index in [1.54, 1.807) is 24.3 Å². The van der Waals surface area contributed by atoms with Gasteiger partial charge in [0, 0.05) is 26.0 Å². The minimum Gasteiger partial charge on any atom is -0.396 e. The number of rotatable bonds is 4. The summed E-state index contributed by atoms with van der Waals surface area (Å²) in [5.41, 5.74) is 7.49. The Labute approximate surface area is 105 Å². The molecule has 6 nitrogen and oxygen atoms in total. The van der Waals surface area contributed by atoms with Gasteiger partial charge in [0.05, 0.1) is 11.9 Å². The number of likely N-dealkylation sites (N-methyl/N-ethyl adjacent to an activating group) is 1. The smallest absolute Gasteiger partial charge is 0.273 e. The number of nitrogen functional groups attached to an aromatic ring is 1. The number of carbonyl (C=O) groups is 1. The number of nitrogens with two attached hydrogens (primary N) is 1. The first kappa shape index (κ1) is 12.1. The molecule has 0 aliphatic heterocycles. The molecule has 0 aliphatic rings. The molecule has 0 aliphatic carbocycles. The fourth-order valence-electron chi connectivity index (χ4n) is 1.61. The Morgan fingerprint density at radius 2 is 2.17 bits per heavy atom. The number of nitrogens with one attached hydrogen (secondary N) is 1. The zero-order chi connectivity index (χ0) is 13.0. The van der Waals surface area contributed by atoms with Crippen LogP contribution in [0.2, 0.25) is 0 Å². The molecule has 0 aromatic carbocycles. The topological polar surface area (TPSA) is 87.9 Å². The third kappa shape index (κ3) is 2.65. The van der Waals surface area contributed by atoms with Gasteiger partial charge in [0.15, 0.2) is 0 Å². The Bertz CT molecular complexity index is 522. The number of carbonyl (C=O) groups excluding carboxylic acids is 1. The second-order valence-electron chi connectivity index (χ2n) is 4.03. The van der Waals surface area contributed by atoms with Crippen LogP contribution in [0, 0.1) is 0 Å². The van der Waals surface area contributed by atoms with Gasteiger partial charge in [-0.3, -0.25) is 14.9 Å². The molecule has 18 heavy (non-hydrogen) atoms. The fraction of sp³-hybridized carbons (Fsp3) is 0.250. The van der Waals surface area contributed by atoms with Crippen molar-refractivity contribution in [2.75, 3.05) is 19.3 Å². The third-order valence-electron chi connectivity index (χ3n) is 2.71. The molecule has 2 heterocycles. The van der Waals surface area contributed by atoms with E-state index >= 15 is 0 Å². The van der Waals surface area contributed by atoms with Crippen molar-refractivity contribution in [3.63, 3.8) is 0 Å². The molecule has 0 saturated heterocycles. The molecule has 2 aromatic rings. The van der Waals surface area contributed by atoms with Crippen LogP contribution in [0.5, 0.6) is 0 Å². The number of pyridine rings is 1. The van der Waals surface area contributed by atoms with Crippen LogP contribution in [-0.4, -0.2) is 39.6 Å². The molecule has 2 aromatic heterocycles. The zero-order valence-electron chi connectivity index (χ0n) is 10.1. The van der Waals surface area contributed by atoms with E-state index in [2.05, 4.69) is 15.2 Å². The number of hydrogen-bond acceptors (Lipinski definition) is 4. The molecule has 0 radical (unpaired) electrons. The van der Waals surface area contributed by atoms with Crippen LogP contribution in [-0.2, 0) is 6.42 Å². The van der Waals surface area contributed by atoms with Gasteiger partial charge >= 0.3 is 0 Å².